The van der Waals surface area contributed by atoms with E-state index in [4.69, 9.17) is 5.21 Å². The molecule has 0 bridgehead atoms. The highest BCUT2D eigenvalue weighted by atomic mass is 16.5. The summed E-state index contributed by atoms with van der Waals surface area (Å²) in [5.74, 6) is -0.418. The first-order chi connectivity index (χ1) is 13.6. The first kappa shape index (κ1) is 20.3. The van der Waals surface area contributed by atoms with Crippen LogP contribution in [0.5, 0.6) is 0 Å². The van der Waals surface area contributed by atoms with Crippen molar-refractivity contribution in [3.05, 3.63) is 29.8 Å². The number of rotatable bonds is 7. The molecule has 0 aromatic heterocycles. The van der Waals surface area contributed by atoms with E-state index in [0.29, 0.717) is 24.2 Å². The van der Waals surface area contributed by atoms with E-state index in [9.17, 15) is 14.4 Å². The average Bonchev–Trinajstić information content (AvgIpc) is 2.84. The first-order valence-electron chi connectivity index (χ1n) is 10.3. The van der Waals surface area contributed by atoms with Gasteiger partial charge in [-0.05, 0) is 43.7 Å². The van der Waals surface area contributed by atoms with Gasteiger partial charge in [0.15, 0.2) is 0 Å². The molecule has 1 aliphatic heterocycles. The Morgan fingerprint density at radius 3 is 2.61 bits per heavy atom. The van der Waals surface area contributed by atoms with Gasteiger partial charge in [-0.15, -0.1) is 0 Å². The molecule has 0 spiro atoms. The van der Waals surface area contributed by atoms with Crippen molar-refractivity contribution >= 4 is 23.4 Å². The van der Waals surface area contributed by atoms with Crippen molar-refractivity contribution in [2.45, 2.75) is 63.8 Å². The van der Waals surface area contributed by atoms with Crippen molar-refractivity contribution in [2.75, 3.05) is 11.4 Å². The van der Waals surface area contributed by atoms with Gasteiger partial charge in [0.2, 0.25) is 11.8 Å². The SMILES string of the molecule is O=C(CCCCCN1C(=O)[C@H](C2CCCCC2)NC(=O)c2ccccc21)NO. The molecular formula is C21H29N3O4. The Hall–Kier alpha value is -2.41. The van der Waals surface area contributed by atoms with Crippen LogP contribution in [0.2, 0.25) is 0 Å². The number of carbonyl (C=O) groups is 3. The Balaban J connectivity index is 1.73. The van der Waals surface area contributed by atoms with E-state index in [1.54, 1.807) is 16.4 Å². The Morgan fingerprint density at radius 2 is 1.86 bits per heavy atom. The molecule has 1 fully saturated rings. The van der Waals surface area contributed by atoms with Crippen LogP contribution in [0.25, 0.3) is 0 Å². The van der Waals surface area contributed by atoms with Crippen LogP contribution in [0, 0.1) is 5.92 Å². The fourth-order valence-corrected chi connectivity index (χ4v) is 4.27. The van der Waals surface area contributed by atoms with E-state index in [1.165, 1.54) is 6.42 Å². The third kappa shape index (κ3) is 4.70. The van der Waals surface area contributed by atoms with E-state index in [0.717, 1.165) is 38.5 Å². The topological polar surface area (TPSA) is 98.7 Å². The van der Waals surface area contributed by atoms with Crippen LogP contribution in [0.4, 0.5) is 5.69 Å². The zero-order valence-corrected chi connectivity index (χ0v) is 16.2. The second-order valence-corrected chi connectivity index (χ2v) is 7.70. The van der Waals surface area contributed by atoms with Crippen LogP contribution < -0.4 is 15.7 Å². The molecular weight excluding hydrogens is 358 g/mol. The predicted octanol–water partition coefficient (Wildman–Crippen LogP) is 2.78. The number of carbonyl (C=O) groups excluding carboxylic acids is 3. The number of anilines is 1. The predicted molar refractivity (Wildman–Crippen MR) is 105 cm³/mol. The van der Waals surface area contributed by atoms with E-state index in [1.807, 2.05) is 18.2 Å². The molecule has 7 heteroatoms. The third-order valence-electron chi connectivity index (χ3n) is 5.79. The largest absolute Gasteiger partial charge is 0.340 e. The Labute approximate surface area is 165 Å². The summed E-state index contributed by atoms with van der Waals surface area (Å²) in [6.07, 6.45) is 7.71. The van der Waals surface area contributed by atoms with Gasteiger partial charge in [0.05, 0.1) is 11.3 Å². The van der Waals surface area contributed by atoms with E-state index < -0.39 is 11.9 Å². The van der Waals surface area contributed by atoms with Crippen molar-refractivity contribution < 1.29 is 19.6 Å². The van der Waals surface area contributed by atoms with Crippen molar-refractivity contribution in [1.82, 2.24) is 10.8 Å². The maximum absolute atomic E-state index is 13.4. The summed E-state index contributed by atoms with van der Waals surface area (Å²) >= 11 is 0. The number of hydrogen-bond donors (Lipinski definition) is 3. The lowest BCUT2D eigenvalue weighted by Crippen LogP contribution is -2.50. The van der Waals surface area contributed by atoms with Crippen LogP contribution in [0.15, 0.2) is 24.3 Å². The molecule has 0 unspecified atom stereocenters. The molecule has 3 rings (SSSR count). The van der Waals surface area contributed by atoms with Crippen LogP contribution in [-0.2, 0) is 9.59 Å². The summed E-state index contributed by atoms with van der Waals surface area (Å²) < 4.78 is 0. The van der Waals surface area contributed by atoms with E-state index >= 15 is 0 Å². The molecule has 3 amide bonds. The van der Waals surface area contributed by atoms with Gasteiger partial charge in [-0.25, -0.2) is 5.48 Å². The van der Waals surface area contributed by atoms with Crippen LogP contribution in [-0.4, -0.2) is 35.5 Å². The third-order valence-corrected chi connectivity index (χ3v) is 5.79. The Kier molecular flexibility index (Phi) is 7.03. The van der Waals surface area contributed by atoms with Gasteiger partial charge in [0.25, 0.3) is 5.91 Å². The quantitative estimate of drug-likeness (QED) is 0.381. The number of nitrogens with one attached hydrogen (secondary N) is 2. The highest BCUT2D eigenvalue weighted by Crippen LogP contribution is 2.32. The van der Waals surface area contributed by atoms with Crippen molar-refractivity contribution in [3.8, 4) is 0 Å². The minimum atomic E-state index is -0.472. The summed E-state index contributed by atoms with van der Waals surface area (Å²) in [7, 11) is 0. The number of nitrogens with zero attached hydrogens (tertiary/aromatic N) is 1. The number of amides is 3. The molecule has 0 saturated heterocycles. The lowest BCUT2D eigenvalue weighted by molar-refractivity contribution is -0.129. The minimum absolute atomic E-state index is 0.0294. The summed E-state index contributed by atoms with van der Waals surface area (Å²) in [6, 6.07) is 6.78. The molecule has 1 aromatic carbocycles. The van der Waals surface area contributed by atoms with Gasteiger partial charge < -0.3 is 10.2 Å². The smallest absolute Gasteiger partial charge is 0.254 e. The molecule has 1 atom stereocenters. The zero-order chi connectivity index (χ0) is 19.9. The second-order valence-electron chi connectivity index (χ2n) is 7.70. The van der Waals surface area contributed by atoms with Gasteiger partial charge in [0.1, 0.15) is 6.04 Å². The van der Waals surface area contributed by atoms with Crippen LogP contribution >= 0.6 is 0 Å². The average molecular weight is 387 g/mol. The molecule has 28 heavy (non-hydrogen) atoms. The van der Waals surface area contributed by atoms with Gasteiger partial charge >= 0.3 is 0 Å². The number of hydrogen-bond acceptors (Lipinski definition) is 4. The lowest BCUT2D eigenvalue weighted by atomic mass is 9.83. The number of benzene rings is 1. The normalized spacial score (nSPS) is 20.3. The minimum Gasteiger partial charge on any atom is -0.340 e. The van der Waals surface area contributed by atoms with E-state index in [-0.39, 0.29) is 24.2 Å². The summed E-state index contributed by atoms with van der Waals surface area (Å²) in [5, 5.41) is 11.6. The highest BCUT2D eigenvalue weighted by molar-refractivity contribution is 6.11. The molecule has 1 aliphatic carbocycles. The molecule has 1 saturated carbocycles. The summed E-state index contributed by atoms with van der Waals surface area (Å²) in [6.45, 7) is 0.509. The zero-order valence-electron chi connectivity index (χ0n) is 16.2. The number of para-hydroxylation sites is 1. The van der Waals surface area contributed by atoms with Gasteiger partial charge in [-0.3, -0.25) is 19.6 Å². The van der Waals surface area contributed by atoms with E-state index in [2.05, 4.69) is 5.32 Å². The number of hydroxylamine groups is 1. The molecule has 2 aliphatic rings. The first-order valence-corrected chi connectivity index (χ1v) is 10.3. The number of unbranched alkanes of at least 4 members (excludes halogenated alkanes) is 2. The van der Waals surface area contributed by atoms with Crippen molar-refractivity contribution in [3.63, 3.8) is 0 Å². The lowest BCUT2D eigenvalue weighted by Gasteiger charge is -2.32. The summed E-state index contributed by atoms with van der Waals surface area (Å²) in [4.78, 5) is 39.0. The number of fused-ring (bicyclic) bond motifs is 1. The standard InChI is InChI=1S/C21H29N3O4/c25-18(23-28)13-5-2-8-14-24-17-12-7-6-11-16(17)20(26)22-19(21(24)27)15-9-3-1-4-10-15/h6-7,11-12,15,19,28H,1-5,8-10,13-14H2,(H,22,26)(H,23,25)/t19-/m0/s1. The van der Waals surface area contributed by atoms with Crippen molar-refractivity contribution in [1.29, 1.82) is 0 Å². The molecule has 1 aromatic rings. The van der Waals surface area contributed by atoms with Crippen LogP contribution in [0.1, 0.15) is 68.1 Å². The summed E-state index contributed by atoms with van der Waals surface area (Å²) in [5.41, 5.74) is 2.83. The molecule has 0 radical (unpaired) electrons. The maximum Gasteiger partial charge on any atom is 0.254 e. The second kappa shape index (κ2) is 9.68. The van der Waals surface area contributed by atoms with Gasteiger partial charge in [-0.2, -0.15) is 0 Å². The molecule has 3 N–H and O–H groups in total. The molecule has 7 nitrogen and oxygen atoms in total. The maximum atomic E-state index is 13.4. The van der Waals surface area contributed by atoms with Crippen molar-refractivity contribution in [2.24, 2.45) is 5.92 Å². The fraction of sp³-hybridized carbons (Fsp3) is 0.571. The fourth-order valence-electron chi connectivity index (χ4n) is 4.27. The Morgan fingerprint density at radius 1 is 1.11 bits per heavy atom. The molecule has 1 heterocycles. The Bertz CT molecular complexity index is 715. The van der Waals surface area contributed by atoms with Crippen LogP contribution in [0.3, 0.4) is 0 Å². The highest BCUT2D eigenvalue weighted by Gasteiger charge is 2.38. The molecule has 152 valence electrons. The monoisotopic (exact) mass is 387 g/mol. The van der Waals surface area contributed by atoms with Gasteiger partial charge in [0, 0.05) is 13.0 Å². The van der Waals surface area contributed by atoms with Gasteiger partial charge in [-0.1, -0.05) is 37.8 Å².